The van der Waals surface area contributed by atoms with Gasteiger partial charge in [-0.2, -0.15) is 0 Å². The first-order valence-corrected chi connectivity index (χ1v) is 8.48. The Hall–Kier alpha value is -1.97. The molecule has 0 spiro atoms. The molecule has 23 heavy (non-hydrogen) atoms. The lowest BCUT2D eigenvalue weighted by atomic mass is 10.1. The number of rotatable bonds is 12. The van der Waals surface area contributed by atoms with Crippen LogP contribution in [0.4, 0.5) is 0 Å². The van der Waals surface area contributed by atoms with Crippen molar-refractivity contribution in [2.45, 2.75) is 52.4 Å². The molecule has 0 saturated carbocycles. The maximum atomic E-state index is 11.3. The summed E-state index contributed by atoms with van der Waals surface area (Å²) in [5.74, 6) is -0.276. The molecule has 0 aliphatic heterocycles. The van der Waals surface area contributed by atoms with Gasteiger partial charge in [0.2, 0.25) is 5.76 Å². The summed E-state index contributed by atoms with van der Waals surface area (Å²) in [4.78, 5) is 11.3. The molecule has 0 atom stereocenters. The van der Waals surface area contributed by atoms with Gasteiger partial charge >= 0.3 is 5.97 Å². The number of carbonyl (C=O) groups is 1. The molecule has 0 heterocycles. The first-order valence-electron chi connectivity index (χ1n) is 8.48. The molecule has 1 N–H and O–H groups in total. The van der Waals surface area contributed by atoms with Gasteiger partial charge in [-0.25, -0.2) is 4.79 Å². The maximum Gasteiger partial charge on any atom is 0.371 e. The van der Waals surface area contributed by atoms with Crippen molar-refractivity contribution in [2.24, 2.45) is 0 Å². The molecule has 0 radical (unpaired) electrons. The molecule has 128 valence electrons. The number of carboxylic acids is 1. The van der Waals surface area contributed by atoms with E-state index in [1.165, 1.54) is 25.7 Å². The minimum atomic E-state index is -1.04. The van der Waals surface area contributed by atoms with Crippen LogP contribution in [0.2, 0.25) is 0 Å². The van der Waals surface area contributed by atoms with Crippen molar-refractivity contribution in [3.63, 3.8) is 0 Å². The zero-order valence-corrected chi connectivity index (χ0v) is 14.2. The van der Waals surface area contributed by atoms with Gasteiger partial charge in [-0.1, -0.05) is 51.2 Å². The van der Waals surface area contributed by atoms with E-state index < -0.39 is 5.97 Å². The van der Waals surface area contributed by atoms with Gasteiger partial charge in [0.1, 0.15) is 5.75 Å². The predicted molar refractivity (Wildman–Crippen MR) is 92.6 cm³/mol. The topological polar surface area (TPSA) is 55.8 Å². The monoisotopic (exact) mass is 320 g/mol. The fourth-order valence-corrected chi connectivity index (χ4v) is 2.21. The van der Waals surface area contributed by atoms with E-state index in [2.05, 4.69) is 6.92 Å². The summed E-state index contributed by atoms with van der Waals surface area (Å²) in [6.45, 7) is 5.17. The van der Waals surface area contributed by atoms with E-state index in [0.717, 1.165) is 24.2 Å². The summed E-state index contributed by atoms with van der Waals surface area (Å²) in [6.07, 6.45) is 8.43. The second kappa shape index (κ2) is 11.6. The van der Waals surface area contributed by atoms with Gasteiger partial charge in [0, 0.05) is 0 Å². The van der Waals surface area contributed by atoms with Crippen molar-refractivity contribution < 1.29 is 19.4 Å². The summed E-state index contributed by atoms with van der Waals surface area (Å²) in [6, 6.07) is 7.29. The van der Waals surface area contributed by atoms with Crippen LogP contribution in [0.5, 0.6) is 5.75 Å². The van der Waals surface area contributed by atoms with Gasteiger partial charge in [-0.05, 0) is 37.1 Å². The molecular formula is C19H28O4. The quantitative estimate of drug-likeness (QED) is 0.338. The number of unbranched alkanes of at least 4 members (excludes halogenated alkanes) is 5. The van der Waals surface area contributed by atoms with Crippen LogP contribution >= 0.6 is 0 Å². The zero-order chi connectivity index (χ0) is 16.9. The molecular weight excluding hydrogens is 292 g/mol. The molecule has 0 fully saturated rings. The lowest BCUT2D eigenvalue weighted by Crippen LogP contribution is -2.06. The number of hydrogen-bond donors (Lipinski definition) is 1. The highest BCUT2D eigenvalue weighted by molar-refractivity contribution is 5.89. The Balaban J connectivity index is 2.45. The third-order valence-corrected chi connectivity index (χ3v) is 3.46. The Bertz CT molecular complexity index is 477. The van der Waals surface area contributed by atoms with Crippen molar-refractivity contribution in [1.29, 1.82) is 0 Å². The Labute approximate surface area is 139 Å². The van der Waals surface area contributed by atoms with E-state index in [0.29, 0.717) is 13.2 Å². The van der Waals surface area contributed by atoms with Gasteiger partial charge in [0.15, 0.2) is 0 Å². The van der Waals surface area contributed by atoms with Crippen molar-refractivity contribution in [2.75, 3.05) is 13.2 Å². The van der Waals surface area contributed by atoms with Crippen LogP contribution in [0.15, 0.2) is 30.0 Å². The van der Waals surface area contributed by atoms with Crippen LogP contribution in [0, 0.1) is 0 Å². The smallest absolute Gasteiger partial charge is 0.371 e. The average Bonchev–Trinajstić information content (AvgIpc) is 2.54. The standard InChI is InChI=1S/C19H28O4/c1-3-5-6-7-8-9-14-23-18(19(20)21)15-16-10-12-17(13-11-16)22-4-2/h10-13,15H,3-9,14H2,1-2H3,(H,20,21). The summed E-state index contributed by atoms with van der Waals surface area (Å²) >= 11 is 0. The summed E-state index contributed by atoms with van der Waals surface area (Å²) in [7, 11) is 0. The minimum absolute atomic E-state index is 0.0114. The molecule has 0 unspecified atom stereocenters. The zero-order valence-electron chi connectivity index (χ0n) is 14.2. The van der Waals surface area contributed by atoms with Gasteiger partial charge in [-0.15, -0.1) is 0 Å². The van der Waals surface area contributed by atoms with Crippen LogP contribution in [-0.4, -0.2) is 24.3 Å². The normalized spacial score (nSPS) is 11.3. The Morgan fingerprint density at radius 2 is 1.70 bits per heavy atom. The van der Waals surface area contributed by atoms with Crippen molar-refractivity contribution in [3.8, 4) is 5.75 Å². The summed E-state index contributed by atoms with van der Waals surface area (Å²) in [5, 5.41) is 9.23. The van der Waals surface area contributed by atoms with E-state index in [1.54, 1.807) is 6.08 Å². The van der Waals surface area contributed by atoms with Crippen LogP contribution in [0.3, 0.4) is 0 Å². The van der Waals surface area contributed by atoms with Gasteiger partial charge < -0.3 is 14.6 Å². The first-order chi connectivity index (χ1) is 11.2. The molecule has 0 bridgehead atoms. The van der Waals surface area contributed by atoms with Crippen LogP contribution in [0.1, 0.15) is 57.9 Å². The van der Waals surface area contributed by atoms with Gasteiger partial charge in [-0.3, -0.25) is 0 Å². The maximum absolute atomic E-state index is 11.3. The van der Waals surface area contributed by atoms with Crippen LogP contribution < -0.4 is 4.74 Å². The molecule has 0 amide bonds. The van der Waals surface area contributed by atoms with E-state index in [-0.39, 0.29) is 5.76 Å². The van der Waals surface area contributed by atoms with E-state index in [1.807, 2.05) is 31.2 Å². The third-order valence-electron chi connectivity index (χ3n) is 3.46. The molecule has 0 aliphatic carbocycles. The minimum Gasteiger partial charge on any atom is -0.494 e. The highest BCUT2D eigenvalue weighted by Gasteiger charge is 2.08. The second-order valence-corrected chi connectivity index (χ2v) is 5.43. The van der Waals surface area contributed by atoms with Gasteiger partial charge in [0.25, 0.3) is 0 Å². The molecule has 1 rings (SSSR count). The highest BCUT2D eigenvalue weighted by Crippen LogP contribution is 2.15. The number of ether oxygens (including phenoxy) is 2. The molecule has 0 saturated heterocycles. The molecule has 4 heteroatoms. The number of carboxylic acid groups (broad SMARTS) is 1. The largest absolute Gasteiger partial charge is 0.494 e. The highest BCUT2D eigenvalue weighted by atomic mass is 16.5. The van der Waals surface area contributed by atoms with Gasteiger partial charge in [0.05, 0.1) is 13.2 Å². The van der Waals surface area contributed by atoms with Crippen molar-refractivity contribution >= 4 is 12.0 Å². The molecule has 0 aliphatic rings. The van der Waals surface area contributed by atoms with Crippen molar-refractivity contribution in [3.05, 3.63) is 35.6 Å². The third kappa shape index (κ3) is 8.29. The van der Waals surface area contributed by atoms with Crippen molar-refractivity contribution in [1.82, 2.24) is 0 Å². The molecule has 4 nitrogen and oxygen atoms in total. The Kier molecular flexibility index (Phi) is 9.60. The molecule has 0 aromatic heterocycles. The summed E-state index contributed by atoms with van der Waals surface area (Å²) < 4.78 is 10.8. The van der Waals surface area contributed by atoms with E-state index in [9.17, 15) is 9.90 Å². The van der Waals surface area contributed by atoms with Crippen LogP contribution in [0.25, 0.3) is 6.08 Å². The SMILES string of the molecule is CCCCCCCCOC(=Cc1ccc(OCC)cc1)C(=O)O. The van der Waals surface area contributed by atoms with E-state index >= 15 is 0 Å². The molecule has 1 aromatic carbocycles. The predicted octanol–water partition coefficient (Wildman–Crippen LogP) is 4.89. The number of hydrogen-bond acceptors (Lipinski definition) is 3. The average molecular weight is 320 g/mol. The summed E-state index contributed by atoms with van der Waals surface area (Å²) in [5.41, 5.74) is 0.786. The first kappa shape index (κ1) is 19.1. The Morgan fingerprint density at radius 1 is 1.04 bits per heavy atom. The molecule has 1 aromatic rings. The fraction of sp³-hybridized carbons (Fsp3) is 0.526. The number of benzene rings is 1. The van der Waals surface area contributed by atoms with E-state index in [4.69, 9.17) is 9.47 Å². The number of aliphatic carboxylic acids is 1. The lowest BCUT2D eigenvalue weighted by molar-refractivity contribution is -0.136. The fourth-order valence-electron chi connectivity index (χ4n) is 2.21. The second-order valence-electron chi connectivity index (χ2n) is 5.43. The van der Waals surface area contributed by atoms with Crippen LogP contribution in [-0.2, 0) is 9.53 Å². The lowest BCUT2D eigenvalue weighted by Gasteiger charge is -2.07. The Morgan fingerprint density at radius 3 is 2.30 bits per heavy atom.